The summed E-state index contributed by atoms with van der Waals surface area (Å²) in [6.07, 6.45) is 5.81. The summed E-state index contributed by atoms with van der Waals surface area (Å²) in [6.45, 7) is 6.83. The van der Waals surface area contributed by atoms with Crippen LogP contribution in [-0.2, 0) is 22.7 Å². The Kier molecular flexibility index (Phi) is 5.50. The van der Waals surface area contributed by atoms with Gasteiger partial charge in [0.1, 0.15) is 5.69 Å². The Morgan fingerprint density at radius 3 is 3.05 bits per heavy atom. The van der Waals surface area contributed by atoms with E-state index in [-0.39, 0.29) is 5.91 Å². The van der Waals surface area contributed by atoms with E-state index >= 15 is 0 Å². The van der Waals surface area contributed by atoms with Crippen LogP contribution in [0.2, 0.25) is 0 Å². The SMILES string of the molecule is COCc1cn(C[C@@H]2CCCN(C(=O)C=C(C)C)C2)nn1. The van der Waals surface area contributed by atoms with Crippen molar-refractivity contribution >= 4 is 5.91 Å². The zero-order chi connectivity index (χ0) is 15.2. The average Bonchev–Trinajstić information content (AvgIpc) is 2.86. The number of ether oxygens (including phenoxy) is 1. The Hall–Kier alpha value is -1.69. The van der Waals surface area contributed by atoms with Crippen LogP contribution < -0.4 is 0 Å². The third kappa shape index (κ3) is 4.67. The van der Waals surface area contributed by atoms with Crippen LogP contribution in [0.5, 0.6) is 0 Å². The van der Waals surface area contributed by atoms with Crippen LogP contribution in [0.4, 0.5) is 0 Å². The Labute approximate surface area is 125 Å². The van der Waals surface area contributed by atoms with Gasteiger partial charge in [-0.05, 0) is 32.6 Å². The van der Waals surface area contributed by atoms with E-state index in [0.717, 1.165) is 43.7 Å². The summed E-state index contributed by atoms with van der Waals surface area (Å²) in [7, 11) is 1.65. The average molecular weight is 292 g/mol. The lowest BCUT2D eigenvalue weighted by atomic mass is 9.98. The van der Waals surface area contributed by atoms with Gasteiger partial charge in [-0.1, -0.05) is 10.8 Å². The molecular weight excluding hydrogens is 268 g/mol. The van der Waals surface area contributed by atoms with Gasteiger partial charge in [-0.25, -0.2) is 0 Å². The second kappa shape index (κ2) is 7.36. The van der Waals surface area contributed by atoms with Gasteiger partial charge >= 0.3 is 0 Å². The number of carbonyl (C=O) groups excluding carboxylic acids is 1. The first-order valence-corrected chi connectivity index (χ1v) is 7.40. The summed E-state index contributed by atoms with van der Waals surface area (Å²) in [5.74, 6) is 0.559. The highest BCUT2D eigenvalue weighted by molar-refractivity contribution is 5.88. The van der Waals surface area contributed by atoms with Gasteiger partial charge in [0.25, 0.3) is 0 Å². The number of hydrogen-bond acceptors (Lipinski definition) is 4. The monoisotopic (exact) mass is 292 g/mol. The first kappa shape index (κ1) is 15.7. The van der Waals surface area contributed by atoms with Crippen molar-refractivity contribution in [2.75, 3.05) is 20.2 Å². The minimum Gasteiger partial charge on any atom is -0.378 e. The normalized spacial score (nSPS) is 18.6. The van der Waals surface area contributed by atoms with Gasteiger partial charge in [-0.3, -0.25) is 9.48 Å². The lowest BCUT2D eigenvalue weighted by Crippen LogP contribution is -2.40. The van der Waals surface area contributed by atoms with Gasteiger partial charge in [0.05, 0.1) is 12.8 Å². The van der Waals surface area contributed by atoms with Crippen LogP contribution >= 0.6 is 0 Å². The molecule has 1 aromatic rings. The fourth-order valence-electron chi connectivity index (χ4n) is 2.66. The number of carbonyl (C=O) groups is 1. The number of piperidine rings is 1. The molecule has 0 unspecified atom stereocenters. The van der Waals surface area contributed by atoms with E-state index in [2.05, 4.69) is 10.3 Å². The van der Waals surface area contributed by atoms with Gasteiger partial charge < -0.3 is 9.64 Å². The number of hydrogen-bond donors (Lipinski definition) is 0. The van der Waals surface area contributed by atoms with Crippen molar-refractivity contribution in [2.24, 2.45) is 5.92 Å². The number of allylic oxidation sites excluding steroid dienone is 1. The molecule has 0 radical (unpaired) electrons. The second-order valence-corrected chi connectivity index (χ2v) is 5.88. The van der Waals surface area contributed by atoms with Gasteiger partial charge in [0.15, 0.2) is 0 Å². The molecule has 2 rings (SSSR count). The van der Waals surface area contributed by atoms with E-state index in [9.17, 15) is 4.79 Å². The van der Waals surface area contributed by atoms with Crippen LogP contribution in [0.3, 0.4) is 0 Å². The molecule has 1 aromatic heterocycles. The summed E-state index contributed by atoms with van der Waals surface area (Å²) >= 11 is 0. The Balaban J connectivity index is 1.91. The molecule has 0 saturated carbocycles. The number of likely N-dealkylation sites (tertiary alicyclic amines) is 1. The van der Waals surface area contributed by atoms with Crippen LogP contribution in [0.25, 0.3) is 0 Å². The van der Waals surface area contributed by atoms with E-state index in [1.54, 1.807) is 13.2 Å². The highest BCUT2D eigenvalue weighted by Crippen LogP contribution is 2.18. The topological polar surface area (TPSA) is 60.2 Å². The molecule has 0 aromatic carbocycles. The van der Waals surface area contributed by atoms with E-state index in [1.165, 1.54) is 0 Å². The fraction of sp³-hybridized carbons (Fsp3) is 0.667. The first-order chi connectivity index (χ1) is 10.1. The summed E-state index contributed by atoms with van der Waals surface area (Å²) in [5, 5.41) is 8.18. The zero-order valence-electron chi connectivity index (χ0n) is 13.1. The molecule has 6 heteroatoms. The van der Waals surface area contributed by atoms with E-state index < -0.39 is 0 Å². The number of amides is 1. The fourth-order valence-corrected chi connectivity index (χ4v) is 2.66. The molecule has 116 valence electrons. The minimum absolute atomic E-state index is 0.123. The van der Waals surface area contributed by atoms with E-state index in [4.69, 9.17) is 4.74 Å². The van der Waals surface area contributed by atoms with E-state index in [1.807, 2.05) is 29.6 Å². The van der Waals surface area contributed by atoms with Crippen LogP contribution in [0, 0.1) is 5.92 Å². The summed E-state index contributed by atoms with van der Waals surface area (Å²) in [5.41, 5.74) is 1.88. The summed E-state index contributed by atoms with van der Waals surface area (Å²) in [6, 6.07) is 0. The van der Waals surface area contributed by atoms with Gasteiger partial charge in [-0.15, -0.1) is 5.10 Å². The zero-order valence-corrected chi connectivity index (χ0v) is 13.1. The lowest BCUT2D eigenvalue weighted by Gasteiger charge is -2.32. The Morgan fingerprint density at radius 2 is 2.33 bits per heavy atom. The van der Waals surface area contributed by atoms with Crippen LogP contribution in [-0.4, -0.2) is 46.0 Å². The molecule has 1 saturated heterocycles. The quantitative estimate of drug-likeness (QED) is 0.774. The molecule has 0 N–H and O–H groups in total. The summed E-state index contributed by atoms with van der Waals surface area (Å²) in [4.78, 5) is 14.0. The van der Waals surface area contributed by atoms with E-state index in [0.29, 0.717) is 12.5 Å². The standard InChI is InChI=1S/C15H24N4O2/c1-12(2)7-15(20)18-6-4-5-13(8-18)9-19-10-14(11-21-3)16-17-19/h7,10,13H,4-6,8-9,11H2,1-3H3/t13-/m1/s1. The van der Waals surface area contributed by atoms with Crippen molar-refractivity contribution in [3.05, 3.63) is 23.5 Å². The second-order valence-electron chi connectivity index (χ2n) is 5.88. The van der Waals surface area contributed by atoms with Crippen LogP contribution in [0.15, 0.2) is 17.8 Å². The molecule has 1 amide bonds. The molecule has 0 bridgehead atoms. The highest BCUT2D eigenvalue weighted by atomic mass is 16.5. The third-order valence-electron chi connectivity index (χ3n) is 3.57. The highest BCUT2D eigenvalue weighted by Gasteiger charge is 2.23. The Bertz CT molecular complexity index is 506. The molecule has 1 atom stereocenters. The van der Waals surface area contributed by atoms with Crippen molar-refractivity contribution in [2.45, 2.75) is 39.8 Å². The third-order valence-corrected chi connectivity index (χ3v) is 3.57. The lowest BCUT2D eigenvalue weighted by molar-refractivity contribution is -0.127. The van der Waals surface area contributed by atoms with Crippen molar-refractivity contribution < 1.29 is 9.53 Å². The molecular formula is C15H24N4O2. The summed E-state index contributed by atoms with van der Waals surface area (Å²) < 4.78 is 6.90. The smallest absolute Gasteiger partial charge is 0.246 e. The largest absolute Gasteiger partial charge is 0.378 e. The maximum absolute atomic E-state index is 12.1. The molecule has 1 aliphatic rings. The predicted molar refractivity (Wildman–Crippen MR) is 79.5 cm³/mol. The van der Waals surface area contributed by atoms with Crippen molar-refractivity contribution in [1.82, 2.24) is 19.9 Å². The van der Waals surface area contributed by atoms with Crippen molar-refractivity contribution in [3.8, 4) is 0 Å². The van der Waals surface area contributed by atoms with Crippen LogP contribution in [0.1, 0.15) is 32.4 Å². The van der Waals surface area contributed by atoms with Gasteiger partial charge in [0.2, 0.25) is 5.91 Å². The molecule has 2 heterocycles. The molecule has 0 spiro atoms. The Morgan fingerprint density at radius 1 is 1.52 bits per heavy atom. The maximum atomic E-state index is 12.1. The number of methoxy groups -OCH3 is 1. The van der Waals surface area contributed by atoms with Gasteiger partial charge in [-0.2, -0.15) is 0 Å². The molecule has 1 aliphatic heterocycles. The van der Waals surface area contributed by atoms with Crippen molar-refractivity contribution in [3.63, 3.8) is 0 Å². The molecule has 0 aliphatic carbocycles. The molecule has 21 heavy (non-hydrogen) atoms. The molecule has 6 nitrogen and oxygen atoms in total. The minimum atomic E-state index is 0.123. The predicted octanol–water partition coefficient (Wildman–Crippen LogP) is 1.63. The number of rotatable bonds is 5. The maximum Gasteiger partial charge on any atom is 0.246 e. The molecule has 1 fully saturated rings. The van der Waals surface area contributed by atoms with Gasteiger partial charge in [0, 0.05) is 32.8 Å². The van der Waals surface area contributed by atoms with Crippen molar-refractivity contribution in [1.29, 1.82) is 0 Å². The number of aromatic nitrogens is 3. The number of nitrogens with zero attached hydrogens (tertiary/aromatic N) is 4. The first-order valence-electron chi connectivity index (χ1n) is 7.40.